The Morgan fingerprint density at radius 3 is 2.47 bits per heavy atom. The van der Waals surface area contributed by atoms with E-state index in [1.54, 1.807) is 0 Å². The summed E-state index contributed by atoms with van der Waals surface area (Å²) in [5, 5.41) is 14.1. The number of nitrogens with one attached hydrogen (secondary N) is 2. The highest BCUT2D eigenvalue weighted by molar-refractivity contribution is 5.82. The van der Waals surface area contributed by atoms with Crippen molar-refractivity contribution in [1.82, 2.24) is 10.6 Å². The Balaban J connectivity index is 3.78. The average Bonchev–Trinajstić information content (AvgIpc) is 2.32. The van der Waals surface area contributed by atoms with Crippen molar-refractivity contribution in [3.05, 3.63) is 0 Å². The number of rotatable bonds is 10. The number of hydrogen-bond donors (Lipinski definition) is 3. The Morgan fingerprint density at radius 1 is 1.26 bits per heavy atom. The quantitative estimate of drug-likeness (QED) is 0.528. The number of ether oxygens (including phenoxy) is 1. The first-order chi connectivity index (χ1) is 8.97. The molecule has 2 amide bonds. The molecule has 6 heteroatoms. The van der Waals surface area contributed by atoms with Gasteiger partial charge in [0.25, 0.3) is 0 Å². The standard InChI is InChI=1S/C13H26N2O4/c1-4-7-19-8-5-6-14-13(18)15-11(12(16)17)9-10(2)3/h10-11H,4-9H2,1-3H3,(H,16,17)(H2,14,15,18)/t11-/m0/s1. The van der Waals surface area contributed by atoms with Gasteiger partial charge >= 0.3 is 12.0 Å². The maximum Gasteiger partial charge on any atom is 0.326 e. The van der Waals surface area contributed by atoms with Crippen molar-refractivity contribution in [2.75, 3.05) is 19.8 Å². The SMILES string of the molecule is CCCOCCCNC(=O)N[C@@H](CC(C)C)C(=O)O. The summed E-state index contributed by atoms with van der Waals surface area (Å²) < 4.78 is 5.27. The maximum absolute atomic E-state index is 11.5. The second kappa shape index (κ2) is 10.6. The minimum absolute atomic E-state index is 0.212. The third-order valence-electron chi connectivity index (χ3n) is 2.41. The van der Waals surface area contributed by atoms with Gasteiger partial charge in [0.2, 0.25) is 0 Å². The molecule has 19 heavy (non-hydrogen) atoms. The van der Waals surface area contributed by atoms with Gasteiger partial charge < -0.3 is 20.5 Å². The van der Waals surface area contributed by atoms with Crippen LogP contribution in [0.4, 0.5) is 4.79 Å². The van der Waals surface area contributed by atoms with Crippen LogP contribution in [0.1, 0.15) is 40.0 Å². The Labute approximate surface area is 114 Å². The van der Waals surface area contributed by atoms with Crippen molar-refractivity contribution in [2.24, 2.45) is 5.92 Å². The zero-order valence-electron chi connectivity index (χ0n) is 12.1. The normalized spacial score (nSPS) is 12.2. The summed E-state index contributed by atoms with van der Waals surface area (Å²) >= 11 is 0. The van der Waals surface area contributed by atoms with Gasteiger partial charge in [-0.25, -0.2) is 9.59 Å². The van der Waals surface area contributed by atoms with E-state index in [0.29, 0.717) is 19.6 Å². The molecule has 0 aromatic rings. The van der Waals surface area contributed by atoms with Crippen LogP contribution in [0.3, 0.4) is 0 Å². The van der Waals surface area contributed by atoms with Gasteiger partial charge in [0.05, 0.1) is 0 Å². The minimum atomic E-state index is -1.00. The van der Waals surface area contributed by atoms with Gasteiger partial charge in [0.1, 0.15) is 6.04 Å². The van der Waals surface area contributed by atoms with Crippen LogP contribution in [0, 0.1) is 5.92 Å². The molecule has 0 heterocycles. The molecule has 0 aliphatic rings. The highest BCUT2D eigenvalue weighted by atomic mass is 16.5. The second-order valence-electron chi connectivity index (χ2n) is 4.89. The number of aliphatic carboxylic acids is 1. The summed E-state index contributed by atoms with van der Waals surface area (Å²) in [6.07, 6.45) is 2.11. The third-order valence-corrected chi connectivity index (χ3v) is 2.41. The number of carbonyl (C=O) groups is 2. The summed E-state index contributed by atoms with van der Waals surface area (Å²) in [6, 6.07) is -1.28. The molecule has 0 radical (unpaired) electrons. The van der Waals surface area contributed by atoms with Gasteiger partial charge in [0.15, 0.2) is 0 Å². The van der Waals surface area contributed by atoms with E-state index in [9.17, 15) is 9.59 Å². The van der Waals surface area contributed by atoms with Crippen LogP contribution in [-0.2, 0) is 9.53 Å². The van der Waals surface area contributed by atoms with E-state index >= 15 is 0 Å². The van der Waals surface area contributed by atoms with Crippen molar-refractivity contribution in [2.45, 2.75) is 46.1 Å². The monoisotopic (exact) mass is 274 g/mol. The topological polar surface area (TPSA) is 87.7 Å². The number of carbonyl (C=O) groups excluding carboxylic acids is 1. The van der Waals surface area contributed by atoms with E-state index in [4.69, 9.17) is 9.84 Å². The van der Waals surface area contributed by atoms with Crippen LogP contribution in [0.15, 0.2) is 0 Å². The summed E-state index contributed by atoms with van der Waals surface area (Å²) in [5.41, 5.74) is 0. The van der Waals surface area contributed by atoms with Gasteiger partial charge in [-0.05, 0) is 25.2 Å². The fourth-order valence-corrected chi connectivity index (χ4v) is 1.52. The van der Waals surface area contributed by atoms with Crippen LogP contribution in [0.25, 0.3) is 0 Å². The van der Waals surface area contributed by atoms with E-state index in [-0.39, 0.29) is 5.92 Å². The molecule has 0 fully saturated rings. The average molecular weight is 274 g/mol. The molecule has 0 unspecified atom stereocenters. The Morgan fingerprint density at radius 2 is 1.95 bits per heavy atom. The largest absolute Gasteiger partial charge is 0.480 e. The van der Waals surface area contributed by atoms with Gasteiger partial charge in [-0.3, -0.25) is 0 Å². The van der Waals surface area contributed by atoms with E-state index in [2.05, 4.69) is 10.6 Å². The Bertz CT molecular complexity index is 269. The molecular weight excluding hydrogens is 248 g/mol. The second-order valence-corrected chi connectivity index (χ2v) is 4.89. The van der Waals surface area contributed by atoms with Gasteiger partial charge in [-0.15, -0.1) is 0 Å². The molecule has 6 nitrogen and oxygen atoms in total. The summed E-state index contributed by atoms with van der Waals surface area (Å²) in [6.45, 7) is 7.67. The van der Waals surface area contributed by atoms with E-state index < -0.39 is 18.0 Å². The predicted octanol–water partition coefficient (Wildman–Crippen LogP) is 1.60. The number of carboxylic acid groups (broad SMARTS) is 1. The molecule has 0 spiro atoms. The first-order valence-corrected chi connectivity index (χ1v) is 6.82. The van der Waals surface area contributed by atoms with E-state index in [1.807, 2.05) is 20.8 Å². The Kier molecular flexibility index (Phi) is 9.88. The highest BCUT2D eigenvalue weighted by Gasteiger charge is 2.20. The van der Waals surface area contributed by atoms with Crippen molar-refractivity contribution in [3.63, 3.8) is 0 Å². The van der Waals surface area contributed by atoms with Crippen LogP contribution >= 0.6 is 0 Å². The fraction of sp³-hybridized carbons (Fsp3) is 0.846. The van der Waals surface area contributed by atoms with Crippen molar-refractivity contribution < 1.29 is 19.4 Å². The first-order valence-electron chi connectivity index (χ1n) is 6.82. The number of hydrogen-bond acceptors (Lipinski definition) is 3. The van der Waals surface area contributed by atoms with E-state index in [0.717, 1.165) is 19.4 Å². The van der Waals surface area contributed by atoms with Gasteiger partial charge in [-0.1, -0.05) is 20.8 Å². The predicted molar refractivity (Wildman–Crippen MR) is 73.1 cm³/mol. The number of carboxylic acids is 1. The van der Waals surface area contributed by atoms with Crippen LogP contribution in [0.5, 0.6) is 0 Å². The number of urea groups is 1. The summed E-state index contributed by atoms with van der Waals surface area (Å²) in [5.74, 6) is -0.793. The first kappa shape index (κ1) is 17.7. The molecule has 0 aliphatic heterocycles. The molecule has 1 atom stereocenters. The van der Waals surface area contributed by atoms with Crippen LogP contribution in [0.2, 0.25) is 0 Å². The van der Waals surface area contributed by atoms with Crippen molar-refractivity contribution >= 4 is 12.0 Å². The van der Waals surface area contributed by atoms with Crippen LogP contribution in [-0.4, -0.2) is 42.9 Å². The van der Waals surface area contributed by atoms with E-state index in [1.165, 1.54) is 0 Å². The van der Waals surface area contributed by atoms with Crippen LogP contribution < -0.4 is 10.6 Å². The van der Waals surface area contributed by atoms with Crippen molar-refractivity contribution in [1.29, 1.82) is 0 Å². The number of amides is 2. The molecule has 3 N–H and O–H groups in total. The third kappa shape index (κ3) is 10.3. The fourth-order valence-electron chi connectivity index (χ4n) is 1.52. The highest BCUT2D eigenvalue weighted by Crippen LogP contribution is 2.04. The lowest BCUT2D eigenvalue weighted by Crippen LogP contribution is -2.46. The molecule has 0 aromatic carbocycles. The lowest BCUT2D eigenvalue weighted by molar-refractivity contribution is -0.139. The lowest BCUT2D eigenvalue weighted by Gasteiger charge is -2.16. The zero-order valence-corrected chi connectivity index (χ0v) is 12.1. The Hall–Kier alpha value is -1.30. The zero-order chi connectivity index (χ0) is 14.7. The lowest BCUT2D eigenvalue weighted by atomic mass is 10.0. The summed E-state index contributed by atoms with van der Waals surface area (Å²) in [4.78, 5) is 22.5. The molecule has 0 aromatic heterocycles. The van der Waals surface area contributed by atoms with Crippen molar-refractivity contribution in [3.8, 4) is 0 Å². The summed E-state index contributed by atoms with van der Waals surface area (Å²) in [7, 11) is 0. The molecule has 0 saturated heterocycles. The molecule has 0 saturated carbocycles. The van der Waals surface area contributed by atoms with Gasteiger partial charge in [-0.2, -0.15) is 0 Å². The maximum atomic E-state index is 11.5. The van der Waals surface area contributed by atoms with Gasteiger partial charge in [0, 0.05) is 19.8 Å². The minimum Gasteiger partial charge on any atom is -0.480 e. The molecule has 0 aliphatic carbocycles. The molecule has 0 rings (SSSR count). The smallest absolute Gasteiger partial charge is 0.326 e. The molecular formula is C13H26N2O4. The molecule has 0 bridgehead atoms. The molecule has 112 valence electrons.